The molecule has 8 nitrogen and oxygen atoms in total. The first-order valence-corrected chi connectivity index (χ1v) is 10.8. The molecule has 2 aromatic rings. The summed E-state index contributed by atoms with van der Waals surface area (Å²) in [7, 11) is -3.98. The van der Waals surface area contributed by atoms with Gasteiger partial charge in [0, 0.05) is 18.1 Å². The first-order chi connectivity index (χ1) is 13.8. The van der Waals surface area contributed by atoms with Gasteiger partial charge in [0.2, 0.25) is 0 Å². The quantitative estimate of drug-likeness (QED) is 0.653. The highest BCUT2D eigenvalue weighted by molar-refractivity contribution is 7.92. The normalized spacial score (nSPS) is 14.5. The minimum Gasteiger partial charge on any atom is -0.480 e. The van der Waals surface area contributed by atoms with Crippen LogP contribution in [0.15, 0.2) is 41.3 Å². The first kappa shape index (κ1) is 21.5. The number of morpholine rings is 1. The Kier molecular flexibility index (Phi) is 6.74. The summed E-state index contributed by atoms with van der Waals surface area (Å²) in [6.07, 6.45) is 0. The van der Waals surface area contributed by atoms with E-state index in [-0.39, 0.29) is 15.7 Å². The summed E-state index contributed by atoms with van der Waals surface area (Å²) >= 11 is 12.1. The molecule has 0 radical (unpaired) electrons. The predicted molar refractivity (Wildman–Crippen MR) is 110 cm³/mol. The van der Waals surface area contributed by atoms with Crippen LogP contribution in [0.2, 0.25) is 10.0 Å². The maximum atomic E-state index is 12.9. The van der Waals surface area contributed by atoms with Gasteiger partial charge in [0.05, 0.1) is 34.5 Å². The Hall–Kier alpha value is -2.20. The number of hydrogen-bond acceptors (Lipinski definition) is 6. The zero-order valence-corrected chi connectivity index (χ0v) is 17.4. The summed E-state index contributed by atoms with van der Waals surface area (Å²) in [6, 6.07) is 8.76. The standard InChI is InChI=1S/C18H18Cl2N2O6S/c19-12-1-3-16(22-5-7-27-8-6-22)15(9-12)21-29(25,26)13-2-4-17(14(20)10-13)28-11-18(23)24/h1-4,9-10,21H,5-8,11H2,(H,23,24). The van der Waals surface area contributed by atoms with E-state index in [9.17, 15) is 13.2 Å². The molecule has 1 fully saturated rings. The van der Waals surface area contributed by atoms with Crippen LogP contribution in [0.25, 0.3) is 0 Å². The van der Waals surface area contributed by atoms with Gasteiger partial charge in [0.15, 0.2) is 6.61 Å². The smallest absolute Gasteiger partial charge is 0.341 e. The highest BCUT2D eigenvalue weighted by Gasteiger charge is 2.21. The molecule has 29 heavy (non-hydrogen) atoms. The summed E-state index contributed by atoms with van der Waals surface area (Å²) in [6.45, 7) is 1.75. The molecule has 2 N–H and O–H groups in total. The van der Waals surface area contributed by atoms with Gasteiger partial charge >= 0.3 is 5.97 Å². The van der Waals surface area contributed by atoms with E-state index in [1.165, 1.54) is 24.3 Å². The maximum absolute atomic E-state index is 12.9. The summed E-state index contributed by atoms with van der Waals surface area (Å²) in [5.41, 5.74) is 1.02. The number of carbonyl (C=O) groups is 1. The van der Waals surface area contributed by atoms with Crippen molar-refractivity contribution in [3.8, 4) is 5.75 Å². The highest BCUT2D eigenvalue weighted by atomic mass is 35.5. The molecule has 1 aliphatic rings. The van der Waals surface area contributed by atoms with Gasteiger partial charge in [-0.3, -0.25) is 4.72 Å². The SMILES string of the molecule is O=C(O)COc1ccc(S(=O)(=O)Nc2cc(Cl)ccc2N2CCOCC2)cc1Cl. The van der Waals surface area contributed by atoms with Gasteiger partial charge in [-0.1, -0.05) is 23.2 Å². The Balaban J connectivity index is 1.86. The second-order valence-electron chi connectivity index (χ2n) is 6.14. The zero-order chi connectivity index (χ0) is 21.0. The minimum absolute atomic E-state index is 0.0198. The molecule has 0 aliphatic carbocycles. The number of halogens is 2. The molecule has 1 aliphatic heterocycles. The molecular formula is C18H18Cl2N2O6S. The molecule has 0 aromatic heterocycles. The number of aliphatic carboxylic acids is 1. The van der Waals surface area contributed by atoms with Crippen molar-refractivity contribution < 1.29 is 27.8 Å². The van der Waals surface area contributed by atoms with Gasteiger partial charge in [-0.2, -0.15) is 0 Å². The number of benzene rings is 2. The number of anilines is 2. The van der Waals surface area contributed by atoms with E-state index in [0.717, 1.165) is 0 Å². The fourth-order valence-corrected chi connectivity index (χ4v) is 4.34. The maximum Gasteiger partial charge on any atom is 0.341 e. The minimum atomic E-state index is -3.98. The van der Waals surface area contributed by atoms with E-state index in [4.69, 9.17) is 37.8 Å². The Morgan fingerprint density at radius 3 is 2.55 bits per heavy atom. The van der Waals surface area contributed by atoms with Gasteiger partial charge in [0.1, 0.15) is 5.75 Å². The van der Waals surface area contributed by atoms with Gasteiger partial charge in [-0.25, -0.2) is 13.2 Å². The van der Waals surface area contributed by atoms with Crippen LogP contribution in [0.4, 0.5) is 11.4 Å². The molecule has 0 bridgehead atoms. The summed E-state index contributed by atoms with van der Waals surface area (Å²) in [5.74, 6) is -1.10. The van der Waals surface area contributed by atoms with Crippen LogP contribution in [0, 0.1) is 0 Å². The molecule has 0 atom stereocenters. The molecule has 2 aromatic carbocycles. The topological polar surface area (TPSA) is 105 Å². The van der Waals surface area contributed by atoms with Gasteiger partial charge in [-0.05, 0) is 36.4 Å². The van der Waals surface area contributed by atoms with E-state index < -0.39 is 22.6 Å². The second-order valence-corrected chi connectivity index (χ2v) is 8.67. The van der Waals surface area contributed by atoms with Crippen LogP contribution in [-0.4, -0.2) is 52.4 Å². The first-order valence-electron chi connectivity index (χ1n) is 8.55. The van der Waals surface area contributed by atoms with Gasteiger partial charge < -0.3 is 19.5 Å². The molecule has 1 heterocycles. The number of nitrogens with one attached hydrogen (secondary N) is 1. The van der Waals surface area contributed by atoms with E-state index >= 15 is 0 Å². The van der Waals surface area contributed by atoms with E-state index in [1.807, 2.05) is 4.90 Å². The number of hydrogen-bond donors (Lipinski definition) is 2. The van der Waals surface area contributed by atoms with Crippen LogP contribution in [0.3, 0.4) is 0 Å². The van der Waals surface area contributed by atoms with Crippen molar-refractivity contribution in [1.29, 1.82) is 0 Å². The third-order valence-corrected chi connectivity index (χ3v) is 6.01. The molecule has 1 saturated heterocycles. The lowest BCUT2D eigenvalue weighted by molar-refractivity contribution is -0.139. The molecule has 11 heteroatoms. The molecule has 0 saturated carbocycles. The number of sulfonamides is 1. The van der Waals surface area contributed by atoms with Crippen LogP contribution in [-0.2, 0) is 19.6 Å². The molecule has 0 spiro atoms. The summed E-state index contributed by atoms with van der Waals surface area (Å²) in [4.78, 5) is 12.5. The number of ether oxygens (including phenoxy) is 2. The zero-order valence-electron chi connectivity index (χ0n) is 15.1. The Labute approximate surface area is 178 Å². The van der Waals surface area contributed by atoms with E-state index in [2.05, 4.69) is 4.72 Å². The van der Waals surface area contributed by atoms with Crippen molar-refractivity contribution in [2.75, 3.05) is 42.5 Å². The van der Waals surface area contributed by atoms with Crippen LogP contribution in [0.5, 0.6) is 5.75 Å². The van der Waals surface area contributed by atoms with Crippen LogP contribution in [0.1, 0.15) is 0 Å². The van der Waals surface area contributed by atoms with Gasteiger partial charge in [0.25, 0.3) is 10.0 Å². The van der Waals surface area contributed by atoms with E-state index in [1.54, 1.807) is 12.1 Å². The van der Waals surface area contributed by atoms with Crippen molar-refractivity contribution in [2.24, 2.45) is 0 Å². The monoisotopic (exact) mass is 460 g/mol. The Morgan fingerprint density at radius 2 is 1.90 bits per heavy atom. The largest absolute Gasteiger partial charge is 0.480 e. The molecule has 0 unspecified atom stereocenters. The average Bonchev–Trinajstić information content (AvgIpc) is 2.67. The highest BCUT2D eigenvalue weighted by Crippen LogP contribution is 2.33. The van der Waals surface area contributed by atoms with Crippen molar-refractivity contribution in [2.45, 2.75) is 4.90 Å². The number of carboxylic acids is 1. The van der Waals surface area contributed by atoms with Crippen molar-refractivity contribution in [1.82, 2.24) is 0 Å². The number of carboxylic acid groups (broad SMARTS) is 1. The van der Waals surface area contributed by atoms with Gasteiger partial charge in [-0.15, -0.1) is 0 Å². The fourth-order valence-electron chi connectivity index (χ4n) is 2.78. The number of rotatable bonds is 7. The second kappa shape index (κ2) is 9.08. The fraction of sp³-hybridized carbons (Fsp3) is 0.278. The summed E-state index contributed by atoms with van der Waals surface area (Å²) < 4.78 is 38.7. The lowest BCUT2D eigenvalue weighted by atomic mass is 10.2. The van der Waals surface area contributed by atoms with Crippen molar-refractivity contribution in [3.63, 3.8) is 0 Å². The van der Waals surface area contributed by atoms with Crippen molar-refractivity contribution in [3.05, 3.63) is 46.4 Å². The molecule has 0 amide bonds. The lowest BCUT2D eigenvalue weighted by Gasteiger charge is -2.30. The molecular weight excluding hydrogens is 443 g/mol. The third kappa shape index (κ3) is 5.45. The molecule has 156 valence electrons. The average molecular weight is 461 g/mol. The Bertz CT molecular complexity index is 1010. The van der Waals surface area contributed by atoms with Crippen molar-refractivity contribution >= 4 is 50.6 Å². The molecule has 3 rings (SSSR count). The van der Waals surface area contributed by atoms with Crippen LogP contribution < -0.4 is 14.4 Å². The predicted octanol–water partition coefficient (Wildman–Crippen LogP) is 3.09. The lowest BCUT2D eigenvalue weighted by Crippen LogP contribution is -2.36. The van der Waals surface area contributed by atoms with Crippen LogP contribution >= 0.6 is 23.2 Å². The third-order valence-electron chi connectivity index (χ3n) is 4.12. The number of nitrogens with zero attached hydrogens (tertiary/aromatic N) is 1. The van der Waals surface area contributed by atoms with E-state index in [0.29, 0.717) is 42.7 Å². The Morgan fingerprint density at radius 1 is 1.17 bits per heavy atom. The summed E-state index contributed by atoms with van der Waals surface area (Å²) in [5, 5.41) is 9.04.